The molecule has 92 valence electrons. The standard InChI is InChI=1S/C12H22N2O2/c1-9(12(15)16)6-13-7-10-4-5-14(8-10)11-2-3-11/h9-11,13H,2-8H2,1H3,(H,15,16). The highest BCUT2D eigenvalue weighted by Gasteiger charge is 2.34. The van der Waals surface area contributed by atoms with Crippen LogP contribution in [0.3, 0.4) is 0 Å². The number of likely N-dealkylation sites (tertiary alicyclic amines) is 1. The molecule has 2 atom stereocenters. The van der Waals surface area contributed by atoms with E-state index in [4.69, 9.17) is 5.11 Å². The Balaban J connectivity index is 1.58. The van der Waals surface area contributed by atoms with Crippen molar-refractivity contribution in [3.63, 3.8) is 0 Å². The quantitative estimate of drug-likeness (QED) is 0.703. The molecule has 2 fully saturated rings. The van der Waals surface area contributed by atoms with Crippen molar-refractivity contribution in [1.82, 2.24) is 10.2 Å². The Labute approximate surface area is 97.0 Å². The lowest BCUT2D eigenvalue weighted by molar-refractivity contribution is -0.140. The summed E-state index contributed by atoms with van der Waals surface area (Å²) in [4.78, 5) is 13.2. The van der Waals surface area contributed by atoms with Crippen molar-refractivity contribution >= 4 is 5.97 Å². The van der Waals surface area contributed by atoms with E-state index in [9.17, 15) is 4.79 Å². The van der Waals surface area contributed by atoms with Crippen LogP contribution in [0.25, 0.3) is 0 Å². The van der Waals surface area contributed by atoms with E-state index < -0.39 is 5.97 Å². The van der Waals surface area contributed by atoms with Gasteiger partial charge in [-0.05, 0) is 38.3 Å². The molecule has 0 bridgehead atoms. The summed E-state index contributed by atoms with van der Waals surface area (Å²) >= 11 is 0. The van der Waals surface area contributed by atoms with Crippen LogP contribution >= 0.6 is 0 Å². The van der Waals surface area contributed by atoms with Crippen LogP contribution in [0, 0.1) is 11.8 Å². The molecule has 2 unspecified atom stereocenters. The number of nitrogens with one attached hydrogen (secondary N) is 1. The van der Waals surface area contributed by atoms with E-state index in [1.807, 2.05) is 0 Å². The van der Waals surface area contributed by atoms with Gasteiger partial charge in [0.2, 0.25) is 0 Å². The van der Waals surface area contributed by atoms with Gasteiger partial charge in [0.1, 0.15) is 0 Å². The molecule has 4 heteroatoms. The van der Waals surface area contributed by atoms with Crippen molar-refractivity contribution < 1.29 is 9.90 Å². The first kappa shape index (κ1) is 11.9. The second-order valence-electron chi connectivity index (χ2n) is 5.28. The Morgan fingerprint density at radius 1 is 1.50 bits per heavy atom. The SMILES string of the molecule is CC(CNCC1CCN(C2CC2)C1)C(=O)O. The van der Waals surface area contributed by atoms with E-state index in [-0.39, 0.29) is 5.92 Å². The predicted molar refractivity (Wildman–Crippen MR) is 62.4 cm³/mol. The highest BCUT2D eigenvalue weighted by molar-refractivity contribution is 5.69. The monoisotopic (exact) mass is 226 g/mol. The van der Waals surface area contributed by atoms with Crippen LogP contribution in [-0.4, -0.2) is 48.2 Å². The molecular formula is C12H22N2O2. The van der Waals surface area contributed by atoms with Crippen LogP contribution in [-0.2, 0) is 4.79 Å². The van der Waals surface area contributed by atoms with Crippen LogP contribution in [0.15, 0.2) is 0 Å². The van der Waals surface area contributed by atoms with Crippen molar-refractivity contribution in [1.29, 1.82) is 0 Å². The Kier molecular flexibility index (Phi) is 3.82. The minimum atomic E-state index is -0.710. The van der Waals surface area contributed by atoms with Gasteiger partial charge in [-0.1, -0.05) is 6.92 Å². The molecule has 1 aliphatic carbocycles. The van der Waals surface area contributed by atoms with E-state index in [1.54, 1.807) is 6.92 Å². The minimum Gasteiger partial charge on any atom is -0.481 e. The van der Waals surface area contributed by atoms with Gasteiger partial charge in [-0.3, -0.25) is 4.79 Å². The van der Waals surface area contributed by atoms with E-state index >= 15 is 0 Å². The Morgan fingerprint density at radius 3 is 2.88 bits per heavy atom. The third kappa shape index (κ3) is 3.19. The average Bonchev–Trinajstić information content (AvgIpc) is 2.99. The first-order valence-electron chi connectivity index (χ1n) is 6.34. The maximum atomic E-state index is 10.6. The average molecular weight is 226 g/mol. The Bertz CT molecular complexity index is 253. The summed E-state index contributed by atoms with van der Waals surface area (Å²) in [6.45, 7) is 5.77. The predicted octanol–water partition coefficient (Wildman–Crippen LogP) is 0.781. The summed E-state index contributed by atoms with van der Waals surface area (Å²) in [5, 5.41) is 12.0. The number of rotatable bonds is 6. The van der Waals surface area contributed by atoms with Gasteiger partial charge in [0.05, 0.1) is 5.92 Å². The minimum absolute atomic E-state index is 0.277. The van der Waals surface area contributed by atoms with E-state index in [0.717, 1.165) is 18.5 Å². The molecule has 4 nitrogen and oxygen atoms in total. The highest BCUT2D eigenvalue weighted by atomic mass is 16.4. The van der Waals surface area contributed by atoms with Gasteiger partial charge in [-0.25, -0.2) is 0 Å². The molecule has 0 aromatic heterocycles. The van der Waals surface area contributed by atoms with Gasteiger partial charge in [-0.15, -0.1) is 0 Å². The molecule has 1 saturated heterocycles. The zero-order valence-electron chi connectivity index (χ0n) is 9.98. The summed E-state index contributed by atoms with van der Waals surface area (Å²) in [5.74, 6) is -0.263. The molecule has 2 rings (SSSR count). The second-order valence-corrected chi connectivity index (χ2v) is 5.28. The van der Waals surface area contributed by atoms with Gasteiger partial charge in [0, 0.05) is 19.1 Å². The Morgan fingerprint density at radius 2 is 2.25 bits per heavy atom. The number of hydrogen-bond acceptors (Lipinski definition) is 3. The van der Waals surface area contributed by atoms with Crippen LogP contribution in [0.5, 0.6) is 0 Å². The summed E-state index contributed by atoms with van der Waals surface area (Å²) in [7, 11) is 0. The van der Waals surface area contributed by atoms with Crippen LogP contribution in [0.1, 0.15) is 26.2 Å². The fraction of sp³-hybridized carbons (Fsp3) is 0.917. The molecule has 2 aliphatic rings. The van der Waals surface area contributed by atoms with Crippen molar-refractivity contribution in [2.75, 3.05) is 26.2 Å². The van der Waals surface area contributed by atoms with Gasteiger partial charge >= 0.3 is 5.97 Å². The molecule has 16 heavy (non-hydrogen) atoms. The molecule has 1 aliphatic heterocycles. The molecule has 1 saturated carbocycles. The number of hydrogen-bond donors (Lipinski definition) is 2. The topological polar surface area (TPSA) is 52.6 Å². The largest absolute Gasteiger partial charge is 0.481 e. The third-order valence-electron chi connectivity index (χ3n) is 3.69. The summed E-state index contributed by atoms with van der Waals surface area (Å²) in [6, 6.07) is 0.878. The normalized spacial score (nSPS) is 28.2. The molecule has 0 spiro atoms. The van der Waals surface area contributed by atoms with Crippen molar-refractivity contribution in [2.24, 2.45) is 11.8 Å². The maximum Gasteiger partial charge on any atom is 0.307 e. The van der Waals surface area contributed by atoms with Crippen molar-refractivity contribution in [3.8, 4) is 0 Å². The van der Waals surface area contributed by atoms with Gasteiger partial charge < -0.3 is 15.3 Å². The highest BCUT2D eigenvalue weighted by Crippen LogP contribution is 2.31. The lowest BCUT2D eigenvalue weighted by Crippen LogP contribution is -2.32. The summed E-state index contributed by atoms with van der Waals surface area (Å²) < 4.78 is 0. The lowest BCUT2D eigenvalue weighted by Gasteiger charge is -2.15. The Hall–Kier alpha value is -0.610. The third-order valence-corrected chi connectivity index (χ3v) is 3.69. The van der Waals surface area contributed by atoms with Gasteiger partial charge in [0.15, 0.2) is 0 Å². The zero-order valence-corrected chi connectivity index (χ0v) is 9.98. The maximum absolute atomic E-state index is 10.6. The van der Waals surface area contributed by atoms with Gasteiger partial charge in [-0.2, -0.15) is 0 Å². The zero-order chi connectivity index (χ0) is 11.5. The van der Waals surface area contributed by atoms with Crippen molar-refractivity contribution in [3.05, 3.63) is 0 Å². The van der Waals surface area contributed by atoms with Gasteiger partial charge in [0.25, 0.3) is 0 Å². The fourth-order valence-corrected chi connectivity index (χ4v) is 2.39. The van der Waals surface area contributed by atoms with Crippen LogP contribution in [0.2, 0.25) is 0 Å². The van der Waals surface area contributed by atoms with Crippen LogP contribution in [0.4, 0.5) is 0 Å². The molecule has 0 aromatic rings. The second kappa shape index (κ2) is 5.15. The number of carboxylic acid groups (broad SMARTS) is 1. The lowest BCUT2D eigenvalue weighted by atomic mass is 10.1. The van der Waals surface area contributed by atoms with E-state index in [2.05, 4.69) is 10.2 Å². The first-order valence-corrected chi connectivity index (χ1v) is 6.34. The van der Waals surface area contributed by atoms with E-state index in [1.165, 1.54) is 32.4 Å². The fourth-order valence-electron chi connectivity index (χ4n) is 2.39. The molecule has 0 radical (unpaired) electrons. The van der Waals surface area contributed by atoms with Crippen LogP contribution < -0.4 is 5.32 Å². The molecule has 1 heterocycles. The van der Waals surface area contributed by atoms with E-state index in [0.29, 0.717) is 6.54 Å². The summed E-state index contributed by atoms with van der Waals surface area (Å²) in [5.41, 5.74) is 0. The molecule has 0 amide bonds. The number of aliphatic carboxylic acids is 1. The number of carbonyl (C=O) groups is 1. The smallest absolute Gasteiger partial charge is 0.307 e. The molecule has 2 N–H and O–H groups in total. The number of carboxylic acids is 1. The summed E-state index contributed by atoms with van der Waals surface area (Å²) in [6.07, 6.45) is 4.04. The van der Waals surface area contributed by atoms with Crippen molar-refractivity contribution in [2.45, 2.75) is 32.2 Å². The molecule has 0 aromatic carbocycles. The number of nitrogens with zero attached hydrogens (tertiary/aromatic N) is 1. The first-order chi connectivity index (χ1) is 7.66. The molecular weight excluding hydrogens is 204 g/mol.